The van der Waals surface area contributed by atoms with E-state index in [9.17, 15) is 0 Å². The highest BCUT2D eigenvalue weighted by atomic mass is 32.1. The van der Waals surface area contributed by atoms with Crippen molar-refractivity contribution in [2.45, 2.75) is 0 Å². The minimum absolute atomic E-state index is 0.719. The van der Waals surface area contributed by atoms with Crippen LogP contribution in [-0.4, -0.2) is 9.97 Å². The maximum atomic E-state index is 15.0. The monoisotopic (exact) mass is 628 g/mol. The summed E-state index contributed by atoms with van der Waals surface area (Å²) in [4.78, 5) is 9.19. The topological polar surface area (TPSA) is 56.0 Å². The fourth-order valence-corrected chi connectivity index (χ4v) is 10.1. The van der Waals surface area contributed by atoms with E-state index >= 15 is 4.57 Å². The van der Waals surface area contributed by atoms with E-state index in [1.807, 2.05) is 91.1 Å². The lowest BCUT2D eigenvalue weighted by molar-refractivity contribution is 0.592. The SMILES string of the molecule is O=P(c1ccccc1)(c1ccccc1)c1cncc(-c2ccc3sc4ccc(-c5ccc6oc7cccnc7c6c5)cc4c3c2)c1. The summed E-state index contributed by atoms with van der Waals surface area (Å²) in [7, 11) is -3.14. The van der Waals surface area contributed by atoms with Gasteiger partial charge in [-0.25, -0.2) is 0 Å². The number of furan rings is 1. The molecule has 0 amide bonds. The Kier molecular flexibility index (Phi) is 6.24. The van der Waals surface area contributed by atoms with Crippen molar-refractivity contribution in [1.29, 1.82) is 0 Å². The van der Waals surface area contributed by atoms with Crippen LogP contribution in [0.5, 0.6) is 0 Å². The first kappa shape index (κ1) is 27.0. The molecule has 4 nitrogen and oxygen atoms in total. The second-order valence-corrected chi connectivity index (χ2v) is 15.3. The number of nitrogens with zero attached hydrogens (tertiary/aromatic N) is 2. The molecule has 6 heteroatoms. The Morgan fingerprint density at radius 2 is 1.13 bits per heavy atom. The molecule has 0 unspecified atom stereocenters. The van der Waals surface area contributed by atoms with E-state index in [2.05, 4.69) is 58.5 Å². The first-order chi connectivity index (χ1) is 22.6. The van der Waals surface area contributed by atoms with Crippen LogP contribution in [0.25, 0.3) is 64.5 Å². The summed E-state index contributed by atoms with van der Waals surface area (Å²) in [5.74, 6) is 0. The smallest absolute Gasteiger partial charge is 0.172 e. The molecular formula is C40H25N2O2PS. The van der Waals surface area contributed by atoms with Gasteiger partial charge in [-0.15, -0.1) is 11.3 Å². The molecule has 9 rings (SSSR count). The lowest BCUT2D eigenvalue weighted by Crippen LogP contribution is -2.25. The zero-order valence-corrected chi connectivity index (χ0v) is 26.2. The van der Waals surface area contributed by atoms with Crippen LogP contribution in [0.3, 0.4) is 0 Å². The highest BCUT2D eigenvalue weighted by molar-refractivity contribution is 7.85. The Morgan fingerprint density at radius 3 is 1.80 bits per heavy atom. The van der Waals surface area contributed by atoms with Crippen molar-refractivity contribution in [1.82, 2.24) is 9.97 Å². The van der Waals surface area contributed by atoms with Gasteiger partial charge in [0.05, 0.1) is 0 Å². The average Bonchev–Trinajstić information content (AvgIpc) is 3.69. The maximum Gasteiger partial charge on any atom is 0.172 e. The Morgan fingerprint density at radius 1 is 0.522 bits per heavy atom. The number of fused-ring (bicyclic) bond motifs is 6. The van der Waals surface area contributed by atoms with Crippen molar-refractivity contribution < 1.29 is 8.98 Å². The second kappa shape index (κ2) is 10.6. The molecule has 0 spiro atoms. The number of benzene rings is 5. The van der Waals surface area contributed by atoms with Crippen molar-refractivity contribution in [2.24, 2.45) is 0 Å². The van der Waals surface area contributed by atoms with Crippen LogP contribution in [0.15, 0.2) is 156 Å². The van der Waals surface area contributed by atoms with E-state index in [1.165, 1.54) is 20.2 Å². The number of hydrogen-bond acceptors (Lipinski definition) is 5. The van der Waals surface area contributed by atoms with Gasteiger partial charge in [0.15, 0.2) is 12.7 Å². The fraction of sp³-hybridized carbons (Fsp3) is 0. The van der Waals surface area contributed by atoms with Gasteiger partial charge in [-0.2, -0.15) is 0 Å². The highest BCUT2D eigenvalue weighted by Gasteiger charge is 2.30. The predicted octanol–water partition coefficient (Wildman–Crippen LogP) is 9.72. The molecule has 0 aliphatic rings. The standard InChI is InChI=1S/C40H25N2O2PS/c43-45(30-8-3-1-4-9-30,31-10-5-2-6-11-31)32-20-29(24-41-25-32)28-15-18-39-34(22-28)33-21-27(14-17-38(33)46-39)26-13-16-36-35(23-26)40-37(44-36)12-7-19-42-40/h1-25H. The van der Waals surface area contributed by atoms with Crippen molar-refractivity contribution in [2.75, 3.05) is 0 Å². The number of aromatic nitrogens is 2. The molecule has 0 atom stereocenters. The van der Waals surface area contributed by atoms with Gasteiger partial charge in [0.2, 0.25) is 0 Å². The molecule has 4 heterocycles. The zero-order chi connectivity index (χ0) is 30.7. The summed E-state index contributed by atoms with van der Waals surface area (Å²) in [5.41, 5.74) is 6.75. The summed E-state index contributed by atoms with van der Waals surface area (Å²) in [6.07, 6.45) is 5.42. The van der Waals surface area contributed by atoms with Crippen LogP contribution in [0.1, 0.15) is 0 Å². The van der Waals surface area contributed by atoms with Gasteiger partial charge in [0.25, 0.3) is 0 Å². The number of rotatable bonds is 5. The normalized spacial score (nSPS) is 12.0. The van der Waals surface area contributed by atoms with E-state index < -0.39 is 7.14 Å². The van der Waals surface area contributed by atoms with E-state index in [0.29, 0.717) is 0 Å². The molecule has 0 saturated carbocycles. The minimum atomic E-state index is -3.14. The van der Waals surface area contributed by atoms with Gasteiger partial charge in [0, 0.05) is 65.6 Å². The van der Waals surface area contributed by atoms with Crippen LogP contribution in [0.4, 0.5) is 0 Å². The molecule has 218 valence electrons. The third kappa shape index (κ3) is 4.32. The lowest BCUT2D eigenvalue weighted by Gasteiger charge is -2.20. The molecular weight excluding hydrogens is 603 g/mol. The van der Waals surface area contributed by atoms with Gasteiger partial charge in [-0.1, -0.05) is 78.9 Å². The van der Waals surface area contributed by atoms with Gasteiger partial charge in [-0.05, 0) is 71.3 Å². The van der Waals surface area contributed by atoms with E-state index in [1.54, 1.807) is 23.7 Å². The van der Waals surface area contributed by atoms with Crippen LogP contribution < -0.4 is 15.9 Å². The number of pyridine rings is 2. The van der Waals surface area contributed by atoms with Crippen molar-refractivity contribution in [3.05, 3.63) is 152 Å². The minimum Gasteiger partial charge on any atom is -0.454 e. The second-order valence-electron chi connectivity index (χ2n) is 11.4. The first-order valence-electron chi connectivity index (χ1n) is 15.1. The number of hydrogen-bond donors (Lipinski definition) is 0. The largest absolute Gasteiger partial charge is 0.454 e. The molecule has 0 N–H and O–H groups in total. The molecule has 0 fully saturated rings. The Labute approximate surface area is 269 Å². The number of thiophene rings is 1. The highest BCUT2D eigenvalue weighted by Crippen LogP contribution is 2.43. The van der Waals surface area contributed by atoms with Crippen molar-refractivity contribution >= 4 is 76.6 Å². The molecule has 0 saturated heterocycles. The van der Waals surface area contributed by atoms with Crippen LogP contribution >= 0.6 is 18.5 Å². The molecule has 0 aliphatic carbocycles. The molecule has 46 heavy (non-hydrogen) atoms. The van der Waals surface area contributed by atoms with Gasteiger partial charge in [0.1, 0.15) is 11.1 Å². The van der Waals surface area contributed by atoms with Crippen molar-refractivity contribution in [3.8, 4) is 22.3 Å². The van der Waals surface area contributed by atoms with Crippen LogP contribution in [0, 0.1) is 0 Å². The van der Waals surface area contributed by atoms with Gasteiger partial charge < -0.3 is 8.98 Å². The zero-order valence-electron chi connectivity index (χ0n) is 24.5. The van der Waals surface area contributed by atoms with E-state index in [0.717, 1.165) is 60.2 Å². The predicted molar refractivity (Wildman–Crippen MR) is 192 cm³/mol. The van der Waals surface area contributed by atoms with Gasteiger partial charge >= 0.3 is 0 Å². The first-order valence-corrected chi connectivity index (χ1v) is 17.6. The Balaban J connectivity index is 1.16. The third-order valence-electron chi connectivity index (χ3n) is 8.69. The summed E-state index contributed by atoms with van der Waals surface area (Å²) < 4.78 is 23.5. The van der Waals surface area contributed by atoms with Crippen LogP contribution in [-0.2, 0) is 4.57 Å². The van der Waals surface area contributed by atoms with E-state index in [-0.39, 0.29) is 0 Å². The Hall–Kier alpha value is -5.35. The van der Waals surface area contributed by atoms with E-state index in [4.69, 9.17) is 4.42 Å². The maximum absolute atomic E-state index is 15.0. The fourth-order valence-electron chi connectivity index (χ4n) is 6.39. The third-order valence-corrected chi connectivity index (χ3v) is 12.9. The Bertz CT molecular complexity index is 2580. The average molecular weight is 629 g/mol. The molecule has 0 bridgehead atoms. The van der Waals surface area contributed by atoms with Gasteiger partial charge in [-0.3, -0.25) is 9.97 Å². The summed E-state index contributed by atoms with van der Waals surface area (Å²) >= 11 is 1.79. The molecule has 0 radical (unpaired) electrons. The molecule has 9 aromatic rings. The molecule has 5 aromatic carbocycles. The lowest BCUT2D eigenvalue weighted by atomic mass is 10.00. The summed E-state index contributed by atoms with van der Waals surface area (Å²) in [5, 5.41) is 5.72. The summed E-state index contributed by atoms with van der Waals surface area (Å²) in [6, 6.07) is 44.9. The molecule has 4 aromatic heterocycles. The quantitative estimate of drug-likeness (QED) is 0.178. The summed E-state index contributed by atoms with van der Waals surface area (Å²) in [6.45, 7) is 0. The molecule has 0 aliphatic heterocycles. The van der Waals surface area contributed by atoms with Crippen molar-refractivity contribution in [3.63, 3.8) is 0 Å². The van der Waals surface area contributed by atoms with Crippen LogP contribution in [0.2, 0.25) is 0 Å².